The number of primary amides is 1. The minimum Gasteiger partial charge on any atom is -0.368 e. The second kappa shape index (κ2) is 3.17. The van der Waals surface area contributed by atoms with Gasteiger partial charge in [0.05, 0.1) is 12.5 Å². The molecule has 5 heteroatoms. The van der Waals surface area contributed by atoms with Crippen molar-refractivity contribution in [3.05, 3.63) is 18.2 Å². The highest BCUT2D eigenvalue weighted by molar-refractivity contribution is 5.80. The van der Waals surface area contributed by atoms with Gasteiger partial charge in [0.25, 0.3) is 0 Å². The summed E-state index contributed by atoms with van der Waals surface area (Å²) in [5.74, 6) is -0.490. The Labute approximate surface area is 69.2 Å². The normalized spacial score (nSPS) is 12.4. The summed E-state index contributed by atoms with van der Waals surface area (Å²) in [6, 6.07) is -0.535. The van der Waals surface area contributed by atoms with E-state index < -0.39 is 11.9 Å². The number of hydrogen-bond donors (Lipinski definition) is 1. The minimum absolute atomic E-state index is 0.348. The van der Waals surface area contributed by atoms with E-state index in [0.717, 1.165) is 0 Å². The van der Waals surface area contributed by atoms with Crippen LogP contribution in [0.15, 0.2) is 12.5 Å². The predicted molar refractivity (Wildman–Crippen MR) is 41.5 cm³/mol. The van der Waals surface area contributed by atoms with Crippen LogP contribution in [-0.4, -0.2) is 21.7 Å². The van der Waals surface area contributed by atoms with Crippen LogP contribution in [0, 0.1) is 0 Å². The van der Waals surface area contributed by atoms with Crippen LogP contribution in [0.2, 0.25) is 0 Å². The maximum Gasteiger partial charge on any atom is 0.240 e. The fraction of sp³-hybridized carbons (Fsp3) is 0.286. The number of aromatic nitrogens is 2. The summed E-state index contributed by atoms with van der Waals surface area (Å²) in [6.45, 7) is 1.61. The fourth-order valence-corrected chi connectivity index (χ4v) is 0.867. The first kappa shape index (κ1) is 8.45. The smallest absolute Gasteiger partial charge is 0.240 e. The van der Waals surface area contributed by atoms with E-state index in [9.17, 15) is 9.59 Å². The van der Waals surface area contributed by atoms with Crippen LogP contribution in [0.4, 0.5) is 0 Å². The maximum absolute atomic E-state index is 10.7. The summed E-state index contributed by atoms with van der Waals surface area (Å²) in [7, 11) is 0. The summed E-state index contributed by atoms with van der Waals surface area (Å²) in [4.78, 5) is 24.8. The lowest BCUT2D eigenvalue weighted by atomic mass is 10.3. The zero-order chi connectivity index (χ0) is 9.14. The highest BCUT2D eigenvalue weighted by atomic mass is 16.1. The first-order valence-electron chi connectivity index (χ1n) is 3.43. The Hall–Kier alpha value is -1.65. The van der Waals surface area contributed by atoms with Gasteiger partial charge in [-0.2, -0.15) is 0 Å². The van der Waals surface area contributed by atoms with Crippen molar-refractivity contribution in [3.63, 3.8) is 0 Å². The highest BCUT2D eigenvalue weighted by Gasteiger charge is 2.13. The van der Waals surface area contributed by atoms with Crippen molar-refractivity contribution in [3.8, 4) is 0 Å². The van der Waals surface area contributed by atoms with Gasteiger partial charge < -0.3 is 10.3 Å². The number of hydrogen-bond acceptors (Lipinski definition) is 3. The minimum atomic E-state index is -0.535. The van der Waals surface area contributed by atoms with E-state index in [1.165, 1.54) is 17.1 Å². The molecule has 64 valence electrons. The molecule has 0 aliphatic carbocycles. The van der Waals surface area contributed by atoms with Gasteiger partial charge in [-0.3, -0.25) is 9.59 Å². The van der Waals surface area contributed by atoms with Crippen molar-refractivity contribution in [1.29, 1.82) is 0 Å². The van der Waals surface area contributed by atoms with Crippen molar-refractivity contribution < 1.29 is 9.59 Å². The maximum atomic E-state index is 10.7. The van der Waals surface area contributed by atoms with E-state index in [2.05, 4.69) is 4.98 Å². The quantitative estimate of drug-likeness (QED) is 0.630. The molecule has 12 heavy (non-hydrogen) atoms. The Balaban J connectivity index is 3.01. The van der Waals surface area contributed by atoms with Crippen LogP contribution in [0.25, 0.3) is 0 Å². The molecular formula is C7H9N3O2. The van der Waals surface area contributed by atoms with Crippen LogP contribution in [0.5, 0.6) is 0 Å². The van der Waals surface area contributed by atoms with Crippen molar-refractivity contribution in [2.75, 3.05) is 0 Å². The lowest BCUT2D eigenvalue weighted by Gasteiger charge is -2.09. The first-order valence-corrected chi connectivity index (χ1v) is 3.43. The van der Waals surface area contributed by atoms with Gasteiger partial charge >= 0.3 is 0 Å². The fourth-order valence-electron chi connectivity index (χ4n) is 0.867. The Morgan fingerprint density at radius 2 is 2.50 bits per heavy atom. The number of imidazole rings is 1. The largest absolute Gasteiger partial charge is 0.368 e. The average Bonchev–Trinajstić information content (AvgIpc) is 2.49. The third-order valence-corrected chi connectivity index (χ3v) is 1.65. The van der Waals surface area contributed by atoms with Crippen LogP contribution < -0.4 is 5.73 Å². The summed E-state index contributed by atoms with van der Waals surface area (Å²) in [6.07, 6.45) is 3.41. The molecule has 0 saturated carbocycles. The van der Waals surface area contributed by atoms with Crippen molar-refractivity contribution in [1.82, 2.24) is 9.55 Å². The highest BCUT2D eigenvalue weighted by Crippen LogP contribution is 2.06. The molecule has 1 atom stereocenters. The van der Waals surface area contributed by atoms with Crippen molar-refractivity contribution in [2.24, 2.45) is 5.73 Å². The Kier molecular flexibility index (Phi) is 2.23. The first-order chi connectivity index (χ1) is 5.66. The van der Waals surface area contributed by atoms with E-state index >= 15 is 0 Å². The number of amides is 1. The van der Waals surface area contributed by atoms with Crippen LogP contribution in [-0.2, 0) is 4.79 Å². The van der Waals surface area contributed by atoms with E-state index in [0.29, 0.717) is 12.0 Å². The van der Waals surface area contributed by atoms with E-state index in [-0.39, 0.29) is 0 Å². The SMILES string of the molecule is CC(C(N)=O)n1cncc1C=O. The van der Waals surface area contributed by atoms with Gasteiger partial charge in [-0.15, -0.1) is 0 Å². The molecule has 0 fully saturated rings. The second-order valence-corrected chi connectivity index (χ2v) is 2.42. The predicted octanol–water partition coefficient (Wildman–Crippen LogP) is -0.258. The number of nitrogens with two attached hydrogens (primary N) is 1. The lowest BCUT2D eigenvalue weighted by molar-refractivity contribution is -0.120. The molecule has 1 aromatic heterocycles. The van der Waals surface area contributed by atoms with Gasteiger partial charge in [0.2, 0.25) is 5.91 Å². The molecule has 0 radical (unpaired) electrons. The monoisotopic (exact) mass is 167 g/mol. The van der Waals surface area contributed by atoms with Crippen molar-refractivity contribution in [2.45, 2.75) is 13.0 Å². The lowest BCUT2D eigenvalue weighted by Crippen LogP contribution is -2.24. The second-order valence-electron chi connectivity index (χ2n) is 2.42. The Morgan fingerprint density at radius 1 is 1.83 bits per heavy atom. The Morgan fingerprint density at radius 3 is 3.00 bits per heavy atom. The molecule has 1 aromatic rings. The van der Waals surface area contributed by atoms with Crippen LogP contribution in [0.3, 0.4) is 0 Å². The molecule has 0 bridgehead atoms. The molecule has 1 unspecified atom stereocenters. The van der Waals surface area contributed by atoms with Gasteiger partial charge in [0.1, 0.15) is 11.7 Å². The number of aldehydes is 1. The molecule has 0 spiro atoms. The molecule has 0 saturated heterocycles. The number of carbonyl (C=O) groups is 2. The molecule has 1 rings (SSSR count). The molecule has 0 aliphatic heterocycles. The third kappa shape index (κ3) is 1.34. The van der Waals surface area contributed by atoms with Crippen LogP contribution in [0.1, 0.15) is 23.5 Å². The molecule has 1 heterocycles. The molecule has 2 N–H and O–H groups in total. The van der Waals surface area contributed by atoms with Gasteiger partial charge in [0, 0.05) is 0 Å². The number of nitrogens with zero attached hydrogens (tertiary/aromatic N) is 2. The van der Waals surface area contributed by atoms with Crippen LogP contribution >= 0.6 is 0 Å². The topological polar surface area (TPSA) is 78.0 Å². The number of carbonyl (C=O) groups excluding carboxylic acids is 2. The van der Waals surface area contributed by atoms with Crippen molar-refractivity contribution >= 4 is 12.2 Å². The zero-order valence-electron chi connectivity index (χ0n) is 6.60. The standard InChI is InChI=1S/C7H9N3O2/c1-5(7(8)12)10-4-9-2-6(10)3-11/h2-5H,1H3,(H2,8,12). The van der Waals surface area contributed by atoms with Gasteiger partial charge in [-0.1, -0.05) is 0 Å². The average molecular weight is 167 g/mol. The van der Waals surface area contributed by atoms with E-state index in [1.54, 1.807) is 6.92 Å². The summed E-state index contributed by atoms with van der Waals surface area (Å²) in [5.41, 5.74) is 5.40. The summed E-state index contributed by atoms with van der Waals surface area (Å²) < 4.78 is 1.43. The molecule has 5 nitrogen and oxygen atoms in total. The van der Waals surface area contributed by atoms with Gasteiger partial charge in [0.15, 0.2) is 6.29 Å². The third-order valence-electron chi connectivity index (χ3n) is 1.65. The molecule has 1 amide bonds. The Bertz CT molecular complexity index is 305. The van der Waals surface area contributed by atoms with Gasteiger partial charge in [-0.25, -0.2) is 4.98 Å². The van der Waals surface area contributed by atoms with Gasteiger partial charge in [-0.05, 0) is 6.92 Å². The number of rotatable bonds is 3. The van der Waals surface area contributed by atoms with E-state index in [4.69, 9.17) is 5.73 Å². The molecule has 0 aromatic carbocycles. The molecule has 0 aliphatic rings. The zero-order valence-corrected chi connectivity index (χ0v) is 6.60. The summed E-state index contributed by atoms with van der Waals surface area (Å²) >= 11 is 0. The summed E-state index contributed by atoms with van der Waals surface area (Å²) in [5, 5.41) is 0. The molecular weight excluding hydrogens is 158 g/mol. The van der Waals surface area contributed by atoms with E-state index in [1.807, 2.05) is 0 Å².